The van der Waals surface area contributed by atoms with Gasteiger partial charge in [0.05, 0.1) is 11.8 Å². The Morgan fingerprint density at radius 2 is 2.40 bits per heavy atom. The van der Waals surface area contributed by atoms with Crippen LogP contribution >= 0.6 is 11.3 Å². The zero-order valence-electron chi connectivity index (χ0n) is 11.5. The number of amides is 1. The topological polar surface area (TPSA) is 68.5 Å². The third kappa shape index (κ3) is 2.05. The van der Waals surface area contributed by atoms with Gasteiger partial charge in [-0.15, -0.1) is 11.3 Å². The van der Waals surface area contributed by atoms with Crippen LogP contribution in [0.25, 0.3) is 10.2 Å². The molecular weight excluding hydrogens is 274 g/mol. The third-order valence-electron chi connectivity index (χ3n) is 3.80. The summed E-state index contributed by atoms with van der Waals surface area (Å²) < 4.78 is 5.30. The number of nitrogen functional groups attached to an aromatic ring is 1. The summed E-state index contributed by atoms with van der Waals surface area (Å²) in [4.78, 5) is 20.1. The first-order valence-corrected chi connectivity index (χ1v) is 7.39. The molecule has 1 unspecified atom stereocenters. The predicted octanol–water partition coefficient (Wildman–Crippen LogP) is 2.05. The summed E-state index contributed by atoms with van der Waals surface area (Å²) in [5, 5.41) is 0.906. The second-order valence-electron chi connectivity index (χ2n) is 5.05. The van der Waals surface area contributed by atoms with Crippen LogP contribution in [0.15, 0.2) is 12.3 Å². The Morgan fingerprint density at radius 3 is 3.05 bits per heavy atom. The van der Waals surface area contributed by atoms with Gasteiger partial charge in [-0.2, -0.15) is 0 Å². The Balaban J connectivity index is 1.96. The summed E-state index contributed by atoms with van der Waals surface area (Å²) in [6, 6.07) is 1.91. The number of methoxy groups -OCH3 is 1. The number of hydrogen-bond acceptors (Lipinski definition) is 5. The van der Waals surface area contributed by atoms with Crippen molar-refractivity contribution in [3.8, 4) is 0 Å². The predicted molar refractivity (Wildman–Crippen MR) is 80.1 cm³/mol. The fourth-order valence-electron chi connectivity index (χ4n) is 2.61. The van der Waals surface area contributed by atoms with Crippen molar-refractivity contribution in [2.75, 3.05) is 25.9 Å². The highest BCUT2D eigenvalue weighted by atomic mass is 32.1. The molecule has 1 atom stereocenters. The number of hydrogen-bond donors (Lipinski definition) is 1. The molecule has 3 rings (SSSR count). The van der Waals surface area contributed by atoms with E-state index >= 15 is 0 Å². The monoisotopic (exact) mass is 291 g/mol. The van der Waals surface area contributed by atoms with Gasteiger partial charge in [-0.3, -0.25) is 4.79 Å². The van der Waals surface area contributed by atoms with Crippen molar-refractivity contribution in [2.45, 2.75) is 19.4 Å². The number of nitrogens with two attached hydrogens (primary N) is 1. The number of nitrogens with zero attached hydrogens (tertiary/aromatic N) is 2. The molecule has 0 aliphatic carbocycles. The molecule has 20 heavy (non-hydrogen) atoms. The molecule has 2 N–H and O–H groups in total. The van der Waals surface area contributed by atoms with Crippen molar-refractivity contribution in [3.63, 3.8) is 0 Å². The van der Waals surface area contributed by atoms with E-state index in [0.717, 1.165) is 28.7 Å². The Morgan fingerprint density at radius 1 is 1.60 bits per heavy atom. The minimum absolute atomic E-state index is 0.00977. The zero-order chi connectivity index (χ0) is 14.3. The number of pyridine rings is 1. The van der Waals surface area contributed by atoms with Crippen molar-refractivity contribution in [2.24, 2.45) is 0 Å². The quantitative estimate of drug-likeness (QED) is 0.919. The minimum Gasteiger partial charge on any atom is -0.397 e. The number of rotatable bonds is 2. The Hall–Kier alpha value is -1.66. The first-order chi connectivity index (χ1) is 9.61. The van der Waals surface area contributed by atoms with Gasteiger partial charge < -0.3 is 15.4 Å². The fourth-order valence-corrected chi connectivity index (χ4v) is 3.72. The van der Waals surface area contributed by atoms with E-state index in [1.807, 2.05) is 17.9 Å². The molecule has 2 aromatic heterocycles. The number of likely N-dealkylation sites (tertiary alicyclic amines) is 1. The molecule has 106 valence electrons. The van der Waals surface area contributed by atoms with Crippen LogP contribution in [-0.2, 0) is 4.74 Å². The number of aromatic nitrogens is 1. The molecule has 0 radical (unpaired) electrons. The fraction of sp³-hybridized carbons (Fsp3) is 0.429. The average molecular weight is 291 g/mol. The molecule has 1 aliphatic rings. The Bertz CT molecular complexity index is 668. The van der Waals surface area contributed by atoms with Gasteiger partial charge in [0.2, 0.25) is 0 Å². The highest BCUT2D eigenvalue weighted by molar-refractivity contribution is 7.21. The van der Waals surface area contributed by atoms with E-state index in [0.29, 0.717) is 17.1 Å². The molecule has 1 aliphatic heterocycles. The van der Waals surface area contributed by atoms with Gasteiger partial charge in [-0.25, -0.2) is 4.98 Å². The maximum Gasteiger partial charge on any atom is 0.266 e. The number of fused-ring (bicyclic) bond motifs is 1. The zero-order valence-corrected chi connectivity index (χ0v) is 12.4. The number of thiophene rings is 1. The smallest absolute Gasteiger partial charge is 0.266 e. The highest BCUT2D eigenvalue weighted by Gasteiger charge is 2.29. The van der Waals surface area contributed by atoms with Gasteiger partial charge >= 0.3 is 0 Å². The molecule has 5 nitrogen and oxygen atoms in total. The summed E-state index contributed by atoms with van der Waals surface area (Å²) in [6.07, 6.45) is 2.76. The third-order valence-corrected chi connectivity index (χ3v) is 4.90. The second kappa shape index (κ2) is 5.03. The molecule has 0 bridgehead atoms. The first kappa shape index (κ1) is 13.3. The van der Waals surface area contributed by atoms with E-state index in [-0.39, 0.29) is 12.0 Å². The normalized spacial score (nSPS) is 18.9. The number of aryl methyl sites for hydroxylation is 1. The second-order valence-corrected chi connectivity index (χ2v) is 6.05. The van der Waals surface area contributed by atoms with Gasteiger partial charge in [0.1, 0.15) is 9.71 Å². The Labute approximate surface area is 121 Å². The van der Waals surface area contributed by atoms with Crippen LogP contribution in [-0.4, -0.2) is 42.1 Å². The molecule has 0 saturated carbocycles. The standard InChI is InChI=1S/C14H17N3O2S/c1-8-3-5-16-13-10(8)11(15)12(20-13)14(18)17-6-4-9(7-17)19-2/h3,5,9H,4,6-7,15H2,1-2H3. The summed E-state index contributed by atoms with van der Waals surface area (Å²) in [6.45, 7) is 3.34. The highest BCUT2D eigenvalue weighted by Crippen LogP contribution is 2.35. The lowest BCUT2D eigenvalue weighted by molar-refractivity contribution is 0.0729. The van der Waals surface area contributed by atoms with E-state index in [1.165, 1.54) is 11.3 Å². The number of ether oxygens (including phenoxy) is 1. The SMILES string of the molecule is COC1CCN(C(=O)c2sc3nccc(C)c3c2N)C1. The lowest BCUT2D eigenvalue weighted by Crippen LogP contribution is -2.29. The molecule has 3 heterocycles. The van der Waals surface area contributed by atoms with Gasteiger partial charge in [-0.1, -0.05) is 0 Å². The van der Waals surface area contributed by atoms with Gasteiger partial charge in [0.15, 0.2) is 0 Å². The molecule has 1 amide bonds. The van der Waals surface area contributed by atoms with E-state index in [4.69, 9.17) is 10.5 Å². The van der Waals surface area contributed by atoms with Crippen LogP contribution < -0.4 is 5.73 Å². The van der Waals surface area contributed by atoms with Crippen molar-refractivity contribution >= 4 is 33.1 Å². The molecule has 6 heteroatoms. The maximum atomic E-state index is 12.6. The summed E-state index contributed by atoms with van der Waals surface area (Å²) >= 11 is 1.37. The van der Waals surface area contributed by atoms with Crippen molar-refractivity contribution in [1.29, 1.82) is 0 Å². The number of anilines is 1. The van der Waals surface area contributed by atoms with Crippen LogP contribution in [0, 0.1) is 6.92 Å². The van der Waals surface area contributed by atoms with Crippen LogP contribution in [0.2, 0.25) is 0 Å². The molecule has 0 aromatic carbocycles. The van der Waals surface area contributed by atoms with Gasteiger partial charge in [-0.05, 0) is 25.0 Å². The van der Waals surface area contributed by atoms with Gasteiger partial charge in [0, 0.05) is 31.8 Å². The number of carbonyl (C=O) groups excluding carboxylic acids is 1. The molecule has 2 aromatic rings. The molecule has 0 spiro atoms. The average Bonchev–Trinajstić information content (AvgIpc) is 3.04. The van der Waals surface area contributed by atoms with E-state index in [1.54, 1.807) is 13.3 Å². The van der Waals surface area contributed by atoms with E-state index in [2.05, 4.69) is 4.98 Å². The van der Waals surface area contributed by atoms with Gasteiger partial charge in [0.25, 0.3) is 5.91 Å². The van der Waals surface area contributed by atoms with Crippen molar-refractivity contribution in [3.05, 3.63) is 22.7 Å². The summed E-state index contributed by atoms with van der Waals surface area (Å²) in [5.41, 5.74) is 7.78. The maximum absolute atomic E-state index is 12.6. The van der Waals surface area contributed by atoms with E-state index in [9.17, 15) is 4.79 Å². The van der Waals surface area contributed by atoms with Crippen LogP contribution in [0.4, 0.5) is 5.69 Å². The first-order valence-electron chi connectivity index (χ1n) is 6.57. The lowest BCUT2D eigenvalue weighted by Gasteiger charge is -2.15. The largest absolute Gasteiger partial charge is 0.397 e. The number of carbonyl (C=O) groups is 1. The van der Waals surface area contributed by atoms with E-state index < -0.39 is 0 Å². The molecule has 1 fully saturated rings. The van der Waals surface area contributed by atoms with Crippen molar-refractivity contribution in [1.82, 2.24) is 9.88 Å². The van der Waals surface area contributed by atoms with Crippen LogP contribution in [0.5, 0.6) is 0 Å². The summed E-state index contributed by atoms with van der Waals surface area (Å²) in [5.74, 6) is -0.00977. The van der Waals surface area contributed by atoms with Crippen molar-refractivity contribution < 1.29 is 9.53 Å². The Kier molecular flexibility index (Phi) is 3.35. The molecule has 1 saturated heterocycles. The summed E-state index contributed by atoms with van der Waals surface area (Å²) in [7, 11) is 1.68. The van der Waals surface area contributed by atoms with Crippen LogP contribution in [0.3, 0.4) is 0 Å². The lowest BCUT2D eigenvalue weighted by atomic mass is 10.1. The van der Waals surface area contributed by atoms with Crippen LogP contribution in [0.1, 0.15) is 21.7 Å². The molecular formula is C14H17N3O2S. The minimum atomic E-state index is -0.00977.